The van der Waals surface area contributed by atoms with E-state index in [4.69, 9.17) is 4.74 Å². The first kappa shape index (κ1) is 19.7. The smallest absolute Gasteiger partial charge is 0.257 e. The maximum absolute atomic E-state index is 13.1. The molecule has 2 aliphatic heterocycles. The van der Waals surface area contributed by atoms with Gasteiger partial charge in [-0.2, -0.15) is 0 Å². The Balaban J connectivity index is 1.40. The van der Waals surface area contributed by atoms with Gasteiger partial charge in [0, 0.05) is 32.4 Å². The fraction of sp³-hybridized carbons (Fsp3) is 0.500. The molecule has 4 rings (SSSR count). The SMILES string of the molecule is COc1cccc(CC2CCN(c3ncccc3C(=O)N3CCCCC3)CC2)c1. The second-order valence-electron chi connectivity index (χ2n) is 8.21. The summed E-state index contributed by atoms with van der Waals surface area (Å²) in [5.41, 5.74) is 2.10. The molecule has 1 aromatic heterocycles. The van der Waals surface area contributed by atoms with Crippen LogP contribution in [0.3, 0.4) is 0 Å². The topological polar surface area (TPSA) is 45.7 Å². The van der Waals surface area contributed by atoms with Gasteiger partial charge in [0.15, 0.2) is 0 Å². The highest BCUT2D eigenvalue weighted by molar-refractivity contribution is 5.99. The molecule has 0 atom stereocenters. The normalized spacial score (nSPS) is 18.0. The van der Waals surface area contributed by atoms with Gasteiger partial charge < -0.3 is 14.5 Å². The summed E-state index contributed by atoms with van der Waals surface area (Å²) >= 11 is 0. The first-order valence-corrected chi connectivity index (χ1v) is 10.9. The van der Waals surface area contributed by atoms with Gasteiger partial charge in [-0.15, -0.1) is 0 Å². The summed E-state index contributed by atoms with van der Waals surface area (Å²) in [6.45, 7) is 3.64. The summed E-state index contributed by atoms with van der Waals surface area (Å²) in [4.78, 5) is 22.0. The van der Waals surface area contributed by atoms with Crippen molar-refractivity contribution < 1.29 is 9.53 Å². The van der Waals surface area contributed by atoms with Crippen molar-refractivity contribution in [3.63, 3.8) is 0 Å². The number of amides is 1. The zero-order valence-electron chi connectivity index (χ0n) is 17.3. The molecule has 1 amide bonds. The molecule has 2 aliphatic rings. The van der Waals surface area contributed by atoms with E-state index in [0.29, 0.717) is 5.92 Å². The zero-order valence-corrected chi connectivity index (χ0v) is 17.3. The van der Waals surface area contributed by atoms with Crippen molar-refractivity contribution in [2.45, 2.75) is 38.5 Å². The lowest BCUT2D eigenvalue weighted by atomic mass is 9.90. The fourth-order valence-electron chi connectivity index (χ4n) is 4.56. The van der Waals surface area contributed by atoms with Crippen molar-refractivity contribution in [2.24, 2.45) is 5.92 Å². The van der Waals surface area contributed by atoms with Gasteiger partial charge in [-0.25, -0.2) is 4.98 Å². The molecule has 0 unspecified atom stereocenters. The molecule has 0 radical (unpaired) electrons. The Kier molecular flexibility index (Phi) is 6.33. The minimum atomic E-state index is 0.145. The van der Waals surface area contributed by atoms with Crippen molar-refractivity contribution in [3.05, 3.63) is 53.7 Å². The van der Waals surface area contributed by atoms with Crippen molar-refractivity contribution in [3.8, 4) is 5.75 Å². The number of benzene rings is 1. The van der Waals surface area contributed by atoms with Crippen LogP contribution < -0.4 is 9.64 Å². The lowest BCUT2D eigenvalue weighted by Gasteiger charge is -2.34. The number of piperidine rings is 2. The standard InChI is InChI=1S/C24H31N3O2/c1-29-21-8-5-7-20(18-21)17-19-10-15-26(16-11-19)23-22(9-6-12-25-23)24(28)27-13-3-2-4-14-27/h5-9,12,18-19H,2-4,10-11,13-17H2,1H3. The Hall–Kier alpha value is -2.56. The number of hydrogen-bond donors (Lipinski definition) is 0. The minimum Gasteiger partial charge on any atom is -0.497 e. The minimum absolute atomic E-state index is 0.145. The largest absolute Gasteiger partial charge is 0.497 e. The van der Waals surface area contributed by atoms with E-state index >= 15 is 0 Å². The van der Waals surface area contributed by atoms with Crippen LogP contribution in [0.25, 0.3) is 0 Å². The van der Waals surface area contributed by atoms with Crippen LogP contribution in [0.1, 0.15) is 48.0 Å². The molecule has 0 spiro atoms. The van der Waals surface area contributed by atoms with Gasteiger partial charge in [0.05, 0.1) is 12.7 Å². The summed E-state index contributed by atoms with van der Waals surface area (Å²) in [5.74, 6) is 2.59. The number of hydrogen-bond acceptors (Lipinski definition) is 4. The third-order valence-electron chi connectivity index (χ3n) is 6.23. The first-order valence-electron chi connectivity index (χ1n) is 10.9. The quantitative estimate of drug-likeness (QED) is 0.765. The third-order valence-corrected chi connectivity index (χ3v) is 6.23. The van der Waals surface area contributed by atoms with Crippen LogP contribution in [0.5, 0.6) is 5.75 Å². The molecule has 2 fully saturated rings. The van der Waals surface area contributed by atoms with Gasteiger partial charge in [-0.3, -0.25) is 4.79 Å². The Labute approximate surface area is 173 Å². The number of rotatable bonds is 5. The van der Waals surface area contributed by atoms with E-state index in [2.05, 4.69) is 28.1 Å². The van der Waals surface area contributed by atoms with E-state index in [0.717, 1.165) is 75.4 Å². The molecule has 5 heteroatoms. The highest BCUT2D eigenvalue weighted by atomic mass is 16.5. The average Bonchev–Trinajstić information content (AvgIpc) is 2.80. The maximum atomic E-state index is 13.1. The van der Waals surface area contributed by atoms with Crippen LogP contribution in [0.4, 0.5) is 5.82 Å². The van der Waals surface area contributed by atoms with Crippen LogP contribution in [-0.4, -0.2) is 49.1 Å². The molecule has 29 heavy (non-hydrogen) atoms. The summed E-state index contributed by atoms with van der Waals surface area (Å²) in [7, 11) is 1.72. The van der Waals surface area contributed by atoms with Crippen LogP contribution in [0.15, 0.2) is 42.6 Å². The van der Waals surface area contributed by atoms with Crippen LogP contribution >= 0.6 is 0 Å². The Morgan fingerprint density at radius 3 is 2.62 bits per heavy atom. The number of aromatic nitrogens is 1. The van der Waals surface area contributed by atoms with Crippen LogP contribution in [0.2, 0.25) is 0 Å². The van der Waals surface area contributed by atoms with Gasteiger partial charge in [0.25, 0.3) is 5.91 Å². The van der Waals surface area contributed by atoms with Crippen LogP contribution in [-0.2, 0) is 6.42 Å². The van der Waals surface area contributed by atoms with Crippen molar-refractivity contribution in [1.29, 1.82) is 0 Å². The van der Waals surface area contributed by atoms with Crippen molar-refractivity contribution in [2.75, 3.05) is 38.2 Å². The van der Waals surface area contributed by atoms with Gasteiger partial charge in [-0.1, -0.05) is 12.1 Å². The Morgan fingerprint density at radius 2 is 1.86 bits per heavy atom. The van der Waals surface area contributed by atoms with E-state index in [1.54, 1.807) is 7.11 Å². The van der Waals surface area contributed by atoms with E-state index in [1.807, 2.05) is 29.3 Å². The van der Waals surface area contributed by atoms with E-state index in [-0.39, 0.29) is 5.91 Å². The number of ether oxygens (including phenoxy) is 1. The molecule has 1 aromatic carbocycles. The van der Waals surface area contributed by atoms with Crippen molar-refractivity contribution in [1.82, 2.24) is 9.88 Å². The molecule has 154 valence electrons. The van der Waals surface area contributed by atoms with Crippen molar-refractivity contribution >= 4 is 11.7 Å². The molecule has 2 saturated heterocycles. The monoisotopic (exact) mass is 393 g/mol. The molecule has 0 saturated carbocycles. The Morgan fingerprint density at radius 1 is 1.07 bits per heavy atom. The number of pyridine rings is 1. The van der Waals surface area contributed by atoms with E-state index in [1.165, 1.54) is 12.0 Å². The third kappa shape index (κ3) is 4.72. The van der Waals surface area contributed by atoms with Gasteiger partial charge in [0.2, 0.25) is 0 Å². The summed E-state index contributed by atoms with van der Waals surface area (Å²) in [6, 6.07) is 12.2. The molecule has 0 aliphatic carbocycles. The lowest BCUT2D eigenvalue weighted by Crippen LogP contribution is -2.39. The zero-order chi connectivity index (χ0) is 20.1. The van der Waals surface area contributed by atoms with Gasteiger partial charge in [-0.05, 0) is 74.3 Å². The van der Waals surface area contributed by atoms with E-state index in [9.17, 15) is 4.79 Å². The van der Waals surface area contributed by atoms with Gasteiger partial charge in [0.1, 0.15) is 11.6 Å². The molecular formula is C24H31N3O2. The highest BCUT2D eigenvalue weighted by Gasteiger charge is 2.26. The predicted octanol–water partition coefficient (Wildman–Crippen LogP) is 4.18. The van der Waals surface area contributed by atoms with Gasteiger partial charge >= 0.3 is 0 Å². The lowest BCUT2D eigenvalue weighted by molar-refractivity contribution is 0.0724. The summed E-state index contributed by atoms with van der Waals surface area (Å²) in [5, 5.41) is 0. The number of methoxy groups -OCH3 is 1. The number of likely N-dealkylation sites (tertiary alicyclic amines) is 1. The molecule has 2 aromatic rings. The molecular weight excluding hydrogens is 362 g/mol. The first-order chi connectivity index (χ1) is 14.2. The Bertz CT molecular complexity index is 824. The number of carbonyl (C=O) groups is 1. The second-order valence-corrected chi connectivity index (χ2v) is 8.21. The molecule has 5 nitrogen and oxygen atoms in total. The average molecular weight is 394 g/mol. The maximum Gasteiger partial charge on any atom is 0.257 e. The van der Waals surface area contributed by atoms with E-state index < -0.39 is 0 Å². The predicted molar refractivity (Wildman–Crippen MR) is 116 cm³/mol. The molecule has 0 N–H and O–H groups in total. The summed E-state index contributed by atoms with van der Waals surface area (Å²) < 4.78 is 5.35. The fourth-order valence-corrected chi connectivity index (χ4v) is 4.56. The molecule has 3 heterocycles. The molecule has 0 bridgehead atoms. The summed E-state index contributed by atoms with van der Waals surface area (Å²) in [6.07, 6.45) is 8.56. The number of nitrogens with zero attached hydrogens (tertiary/aromatic N) is 3. The second kappa shape index (κ2) is 9.29. The number of carbonyl (C=O) groups excluding carboxylic acids is 1. The number of anilines is 1. The highest BCUT2D eigenvalue weighted by Crippen LogP contribution is 2.28. The van der Waals surface area contributed by atoms with Crippen LogP contribution in [0, 0.1) is 5.92 Å².